The van der Waals surface area contributed by atoms with Crippen molar-refractivity contribution in [3.05, 3.63) is 29.8 Å². The van der Waals surface area contributed by atoms with E-state index in [0.717, 1.165) is 18.6 Å². The lowest BCUT2D eigenvalue weighted by Crippen LogP contribution is -2.40. The van der Waals surface area contributed by atoms with Crippen LogP contribution in [0.25, 0.3) is 0 Å². The van der Waals surface area contributed by atoms with Crippen LogP contribution < -0.4 is 4.90 Å². The molecule has 0 saturated carbocycles. The molecule has 1 aliphatic rings. The monoisotopic (exact) mass is 315 g/mol. The third-order valence-corrected chi connectivity index (χ3v) is 3.46. The first-order valence-corrected chi connectivity index (χ1v) is 7.25. The molecule has 0 spiro atoms. The number of rotatable bonds is 2. The van der Waals surface area contributed by atoms with Gasteiger partial charge in [-0.05, 0) is 57.9 Å². The van der Waals surface area contributed by atoms with Crippen molar-refractivity contribution < 1.29 is 22.7 Å². The summed E-state index contributed by atoms with van der Waals surface area (Å²) < 4.78 is 43.2. The molecule has 0 amide bonds. The average Bonchev–Trinajstić information content (AvgIpc) is 2.85. The molecule has 1 atom stereocenters. The van der Waals surface area contributed by atoms with Crippen LogP contribution in [0.3, 0.4) is 0 Å². The summed E-state index contributed by atoms with van der Waals surface area (Å²) >= 11 is 0. The normalized spacial score (nSPS) is 19.4. The second-order valence-electron chi connectivity index (χ2n) is 6.43. The zero-order chi connectivity index (χ0) is 16.5. The smallest absolute Gasteiger partial charge is 0.416 e. The predicted octanol–water partition coefficient (Wildman–Crippen LogP) is 4.02. The lowest BCUT2D eigenvalue weighted by atomic mass is 10.1. The summed E-state index contributed by atoms with van der Waals surface area (Å²) in [4.78, 5) is 14.0. The van der Waals surface area contributed by atoms with Crippen LogP contribution in [0.1, 0.15) is 39.2 Å². The highest BCUT2D eigenvalue weighted by atomic mass is 19.4. The molecule has 1 aromatic carbocycles. The number of halogens is 3. The summed E-state index contributed by atoms with van der Waals surface area (Å²) in [6.45, 7) is 6.02. The molecule has 1 saturated heterocycles. The molecule has 0 aliphatic carbocycles. The van der Waals surface area contributed by atoms with Crippen LogP contribution in [-0.4, -0.2) is 24.2 Å². The van der Waals surface area contributed by atoms with E-state index in [1.807, 2.05) is 4.90 Å². The van der Waals surface area contributed by atoms with Crippen LogP contribution in [0.2, 0.25) is 0 Å². The standard InChI is InChI=1S/C16H20F3NO2/c1-15(2,3)22-14(21)13-5-4-10-20(13)12-8-6-11(7-9-12)16(17,18)19/h6-9,13H,4-5,10H2,1-3H3. The molecule has 0 N–H and O–H groups in total. The molecular formula is C16H20F3NO2. The Hall–Kier alpha value is -1.72. The highest BCUT2D eigenvalue weighted by molar-refractivity contribution is 5.81. The minimum Gasteiger partial charge on any atom is -0.458 e. The van der Waals surface area contributed by atoms with E-state index in [-0.39, 0.29) is 5.97 Å². The van der Waals surface area contributed by atoms with Gasteiger partial charge in [0.1, 0.15) is 11.6 Å². The van der Waals surface area contributed by atoms with Crippen molar-refractivity contribution in [3.8, 4) is 0 Å². The van der Waals surface area contributed by atoms with E-state index < -0.39 is 23.4 Å². The zero-order valence-electron chi connectivity index (χ0n) is 12.9. The van der Waals surface area contributed by atoms with Crippen molar-refractivity contribution in [1.29, 1.82) is 0 Å². The molecular weight excluding hydrogens is 295 g/mol. The van der Waals surface area contributed by atoms with Crippen LogP contribution in [0.15, 0.2) is 24.3 Å². The summed E-state index contributed by atoms with van der Waals surface area (Å²) in [5, 5.41) is 0. The number of ether oxygens (including phenoxy) is 1. The molecule has 1 aliphatic heterocycles. The van der Waals surface area contributed by atoms with E-state index in [1.165, 1.54) is 12.1 Å². The van der Waals surface area contributed by atoms with Crippen molar-refractivity contribution in [2.45, 2.75) is 51.4 Å². The second kappa shape index (κ2) is 5.82. The summed E-state index contributed by atoms with van der Waals surface area (Å²) in [6, 6.07) is 4.47. The highest BCUT2D eigenvalue weighted by Gasteiger charge is 2.35. The van der Waals surface area contributed by atoms with E-state index in [2.05, 4.69) is 0 Å². The Bertz CT molecular complexity index is 532. The first-order valence-electron chi connectivity index (χ1n) is 7.25. The van der Waals surface area contributed by atoms with E-state index in [9.17, 15) is 18.0 Å². The molecule has 0 radical (unpaired) electrons. The number of carbonyl (C=O) groups is 1. The van der Waals surface area contributed by atoms with Gasteiger partial charge in [-0.2, -0.15) is 13.2 Å². The van der Waals surface area contributed by atoms with E-state index in [0.29, 0.717) is 18.7 Å². The summed E-state index contributed by atoms with van der Waals surface area (Å²) in [7, 11) is 0. The Kier molecular flexibility index (Phi) is 4.40. The van der Waals surface area contributed by atoms with Crippen molar-refractivity contribution in [2.24, 2.45) is 0 Å². The number of anilines is 1. The first-order chi connectivity index (χ1) is 10.1. The second-order valence-corrected chi connectivity index (χ2v) is 6.43. The van der Waals surface area contributed by atoms with Crippen molar-refractivity contribution in [3.63, 3.8) is 0 Å². The van der Waals surface area contributed by atoms with Gasteiger partial charge in [-0.15, -0.1) is 0 Å². The largest absolute Gasteiger partial charge is 0.458 e. The van der Waals surface area contributed by atoms with E-state index in [4.69, 9.17) is 4.74 Å². The quantitative estimate of drug-likeness (QED) is 0.772. The van der Waals surface area contributed by atoms with Gasteiger partial charge in [0.2, 0.25) is 0 Å². The van der Waals surface area contributed by atoms with E-state index in [1.54, 1.807) is 20.8 Å². The van der Waals surface area contributed by atoms with Gasteiger partial charge < -0.3 is 9.64 Å². The molecule has 122 valence electrons. The molecule has 3 nitrogen and oxygen atoms in total. The highest BCUT2D eigenvalue weighted by Crippen LogP contribution is 2.32. The Morgan fingerprint density at radius 1 is 1.18 bits per heavy atom. The SMILES string of the molecule is CC(C)(C)OC(=O)C1CCCN1c1ccc(C(F)(F)F)cc1. The Labute approximate surface area is 128 Å². The fourth-order valence-electron chi connectivity index (χ4n) is 2.53. The zero-order valence-corrected chi connectivity index (χ0v) is 12.9. The number of nitrogens with zero attached hydrogens (tertiary/aromatic N) is 1. The minimum atomic E-state index is -4.35. The Morgan fingerprint density at radius 2 is 1.77 bits per heavy atom. The van der Waals surface area contributed by atoms with Crippen LogP contribution >= 0.6 is 0 Å². The van der Waals surface area contributed by atoms with Gasteiger partial charge in [0.25, 0.3) is 0 Å². The van der Waals surface area contributed by atoms with Crippen molar-refractivity contribution in [2.75, 3.05) is 11.4 Å². The molecule has 0 bridgehead atoms. The molecule has 1 fully saturated rings. The number of alkyl halides is 3. The molecule has 22 heavy (non-hydrogen) atoms. The summed E-state index contributed by atoms with van der Waals surface area (Å²) in [6.07, 6.45) is -2.89. The third kappa shape index (κ3) is 3.93. The molecule has 6 heteroatoms. The molecule has 2 rings (SSSR count). The average molecular weight is 315 g/mol. The van der Waals surface area contributed by atoms with Crippen LogP contribution in [0.4, 0.5) is 18.9 Å². The van der Waals surface area contributed by atoms with Crippen molar-refractivity contribution >= 4 is 11.7 Å². The molecule has 1 unspecified atom stereocenters. The molecule has 1 heterocycles. The van der Waals surface area contributed by atoms with Crippen LogP contribution in [-0.2, 0) is 15.7 Å². The van der Waals surface area contributed by atoms with Gasteiger partial charge in [-0.25, -0.2) is 4.79 Å². The fraction of sp³-hybridized carbons (Fsp3) is 0.562. The summed E-state index contributed by atoms with van der Waals surface area (Å²) in [5.41, 5.74) is -0.656. The topological polar surface area (TPSA) is 29.5 Å². The fourth-order valence-corrected chi connectivity index (χ4v) is 2.53. The number of hydrogen-bond acceptors (Lipinski definition) is 3. The van der Waals surface area contributed by atoms with Gasteiger partial charge in [-0.3, -0.25) is 0 Å². The van der Waals surface area contributed by atoms with Gasteiger partial charge in [-0.1, -0.05) is 0 Å². The number of carbonyl (C=O) groups excluding carboxylic acids is 1. The lowest BCUT2D eigenvalue weighted by Gasteiger charge is -2.29. The van der Waals surface area contributed by atoms with E-state index >= 15 is 0 Å². The maximum absolute atomic E-state index is 12.6. The number of hydrogen-bond donors (Lipinski definition) is 0. The molecule has 0 aromatic heterocycles. The van der Waals surface area contributed by atoms with Gasteiger partial charge in [0.05, 0.1) is 5.56 Å². The van der Waals surface area contributed by atoms with Gasteiger partial charge in [0, 0.05) is 12.2 Å². The van der Waals surface area contributed by atoms with Crippen LogP contribution in [0.5, 0.6) is 0 Å². The number of benzene rings is 1. The summed E-state index contributed by atoms with van der Waals surface area (Å²) in [5.74, 6) is -0.329. The van der Waals surface area contributed by atoms with Crippen LogP contribution in [0, 0.1) is 0 Å². The maximum atomic E-state index is 12.6. The minimum absolute atomic E-state index is 0.329. The van der Waals surface area contributed by atoms with Crippen molar-refractivity contribution in [1.82, 2.24) is 0 Å². The Balaban J connectivity index is 2.15. The molecule has 1 aromatic rings. The van der Waals surface area contributed by atoms with Gasteiger partial charge in [0.15, 0.2) is 0 Å². The predicted molar refractivity (Wildman–Crippen MR) is 77.7 cm³/mol. The Morgan fingerprint density at radius 3 is 2.27 bits per heavy atom. The maximum Gasteiger partial charge on any atom is 0.416 e. The van der Waals surface area contributed by atoms with Gasteiger partial charge >= 0.3 is 12.1 Å². The third-order valence-electron chi connectivity index (χ3n) is 3.46. The number of esters is 1. The first kappa shape index (κ1) is 16.6. The lowest BCUT2D eigenvalue weighted by molar-refractivity contribution is -0.156.